The smallest absolute Gasteiger partial charge is 0.246 e. The Bertz CT molecular complexity index is 972. The molecule has 0 unspecified atom stereocenters. The van der Waals surface area contributed by atoms with Gasteiger partial charge in [0.15, 0.2) is 5.82 Å². The minimum absolute atomic E-state index is 0.154. The van der Waals surface area contributed by atoms with E-state index in [-0.39, 0.29) is 10.6 Å². The maximum atomic E-state index is 13.1. The highest BCUT2D eigenvalue weighted by Crippen LogP contribution is 2.31. The third-order valence-electron chi connectivity index (χ3n) is 5.36. The molecule has 0 radical (unpaired) electrons. The zero-order valence-corrected chi connectivity index (χ0v) is 16.9. The largest absolute Gasteiger partial charge is 0.497 e. The summed E-state index contributed by atoms with van der Waals surface area (Å²) < 4.78 is 38.2. The minimum Gasteiger partial charge on any atom is -0.497 e. The zero-order chi connectivity index (χ0) is 19.7. The molecule has 1 aliphatic carbocycles. The molecular weight excluding hydrogens is 380 g/mol. The fourth-order valence-electron chi connectivity index (χ4n) is 3.76. The Labute approximate surface area is 165 Å². The minimum atomic E-state index is -3.65. The maximum Gasteiger partial charge on any atom is 0.246 e. The van der Waals surface area contributed by atoms with Gasteiger partial charge in [-0.15, -0.1) is 5.10 Å². The Hall–Kier alpha value is -2.39. The van der Waals surface area contributed by atoms with Gasteiger partial charge in [-0.25, -0.2) is 8.42 Å². The lowest BCUT2D eigenvalue weighted by Crippen LogP contribution is -2.49. The van der Waals surface area contributed by atoms with E-state index >= 15 is 0 Å². The van der Waals surface area contributed by atoms with E-state index < -0.39 is 10.0 Å². The Kier molecular flexibility index (Phi) is 5.11. The van der Waals surface area contributed by atoms with Crippen molar-refractivity contribution in [3.63, 3.8) is 0 Å². The lowest BCUT2D eigenvalue weighted by Gasteiger charge is -2.34. The van der Waals surface area contributed by atoms with Crippen LogP contribution in [-0.2, 0) is 22.9 Å². The van der Waals surface area contributed by atoms with E-state index in [1.54, 1.807) is 12.1 Å². The normalized spacial score (nSPS) is 17.4. The summed E-state index contributed by atoms with van der Waals surface area (Å²) in [5.74, 6) is 1.67. The third kappa shape index (κ3) is 3.40. The first-order valence-corrected chi connectivity index (χ1v) is 10.8. The maximum absolute atomic E-state index is 13.1. The van der Waals surface area contributed by atoms with Crippen LogP contribution >= 0.6 is 0 Å². The summed E-state index contributed by atoms with van der Waals surface area (Å²) in [6.45, 7) is 1.92. The number of sulfonamides is 1. The molecule has 150 valence electrons. The molecule has 0 bridgehead atoms. The molecule has 0 spiro atoms. The molecular formula is C19H24N4O4S. The summed E-state index contributed by atoms with van der Waals surface area (Å²) in [6.07, 6.45) is 3.17. The molecule has 2 heterocycles. The van der Waals surface area contributed by atoms with Gasteiger partial charge in [-0.05, 0) is 43.0 Å². The van der Waals surface area contributed by atoms with E-state index in [0.29, 0.717) is 31.9 Å². The molecule has 2 aliphatic rings. The highest BCUT2D eigenvalue weighted by atomic mass is 32.2. The number of fused-ring (bicyclic) bond motifs is 1. The molecule has 1 saturated heterocycles. The van der Waals surface area contributed by atoms with Crippen molar-refractivity contribution in [1.82, 2.24) is 14.5 Å². The summed E-state index contributed by atoms with van der Waals surface area (Å²) >= 11 is 0. The summed E-state index contributed by atoms with van der Waals surface area (Å²) in [4.78, 5) is 2.25. The molecule has 1 aromatic heterocycles. The van der Waals surface area contributed by atoms with Gasteiger partial charge < -0.3 is 14.4 Å². The first-order valence-electron chi connectivity index (χ1n) is 9.35. The average Bonchev–Trinajstić information content (AvgIpc) is 3.21. The van der Waals surface area contributed by atoms with E-state index in [0.717, 1.165) is 30.8 Å². The van der Waals surface area contributed by atoms with Gasteiger partial charge in [0.05, 0.1) is 19.9 Å². The number of anilines is 1. The zero-order valence-electron chi connectivity index (χ0n) is 16.1. The van der Waals surface area contributed by atoms with Crippen LogP contribution in [0.1, 0.15) is 17.7 Å². The van der Waals surface area contributed by atoms with Crippen molar-refractivity contribution >= 4 is 15.8 Å². The fourth-order valence-corrected chi connectivity index (χ4v) is 5.31. The predicted octanol–water partition coefficient (Wildman–Crippen LogP) is 1.49. The SMILES string of the molecule is COc1ccc(S(=O)(=O)N2CCN(c3cc4c(nn3)CCC4)CC2)c(OC)c1. The lowest BCUT2D eigenvalue weighted by atomic mass is 10.2. The number of ether oxygens (including phenoxy) is 2. The number of rotatable bonds is 5. The monoisotopic (exact) mass is 404 g/mol. The second-order valence-corrected chi connectivity index (χ2v) is 8.84. The van der Waals surface area contributed by atoms with Gasteiger partial charge in [0.25, 0.3) is 0 Å². The average molecular weight is 404 g/mol. The molecule has 0 amide bonds. The predicted molar refractivity (Wildman–Crippen MR) is 105 cm³/mol. The topological polar surface area (TPSA) is 84.9 Å². The van der Waals surface area contributed by atoms with Crippen LogP contribution in [0.15, 0.2) is 29.2 Å². The van der Waals surface area contributed by atoms with Crippen LogP contribution < -0.4 is 14.4 Å². The second kappa shape index (κ2) is 7.56. The van der Waals surface area contributed by atoms with Crippen molar-refractivity contribution in [2.45, 2.75) is 24.2 Å². The number of hydrogen-bond acceptors (Lipinski definition) is 7. The Morgan fingerprint density at radius 2 is 1.75 bits per heavy atom. The third-order valence-corrected chi connectivity index (χ3v) is 7.30. The van der Waals surface area contributed by atoms with Crippen LogP contribution in [0.2, 0.25) is 0 Å². The van der Waals surface area contributed by atoms with Crippen LogP contribution in [0.4, 0.5) is 5.82 Å². The first kappa shape index (κ1) is 18.9. The fraction of sp³-hybridized carbons (Fsp3) is 0.474. The molecule has 8 nitrogen and oxygen atoms in total. The summed E-state index contributed by atoms with van der Waals surface area (Å²) in [7, 11) is -0.666. The summed E-state index contributed by atoms with van der Waals surface area (Å²) in [5, 5.41) is 8.68. The number of methoxy groups -OCH3 is 2. The van der Waals surface area contributed by atoms with Crippen LogP contribution in [0, 0.1) is 0 Å². The van der Waals surface area contributed by atoms with Gasteiger partial charge in [-0.2, -0.15) is 9.40 Å². The van der Waals surface area contributed by atoms with E-state index in [2.05, 4.69) is 21.2 Å². The summed E-state index contributed by atoms with van der Waals surface area (Å²) in [5.41, 5.74) is 2.36. The Balaban J connectivity index is 1.50. The number of aryl methyl sites for hydroxylation is 2. The van der Waals surface area contributed by atoms with Crippen molar-refractivity contribution in [1.29, 1.82) is 0 Å². The number of piperazine rings is 1. The lowest BCUT2D eigenvalue weighted by molar-refractivity contribution is 0.369. The molecule has 0 atom stereocenters. The second-order valence-electron chi connectivity index (χ2n) is 6.94. The first-order chi connectivity index (χ1) is 13.5. The van der Waals surface area contributed by atoms with Crippen LogP contribution in [0.25, 0.3) is 0 Å². The van der Waals surface area contributed by atoms with E-state index in [9.17, 15) is 8.42 Å². The molecule has 1 aliphatic heterocycles. The van der Waals surface area contributed by atoms with Gasteiger partial charge in [0, 0.05) is 32.2 Å². The Morgan fingerprint density at radius 3 is 2.46 bits per heavy atom. The van der Waals surface area contributed by atoms with Crippen LogP contribution in [0.5, 0.6) is 11.5 Å². The van der Waals surface area contributed by atoms with Crippen molar-refractivity contribution in [3.05, 3.63) is 35.5 Å². The molecule has 2 aromatic rings. The molecule has 1 aromatic carbocycles. The Morgan fingerprint density at radius 1 is 0.964 bits per heavy atom. The van der Waals surface area contributed by atoms with Gasteiger partial charge in [-0.1, -0.05) is 0 Å². The number of benzene rings is 1. The quantitative estimate of drug-likeness (QED) is 0.746. The van der Waals surface area contributed by atoms with Crippen LogP contribution in [-0.4, -0.2) is 63.3 Å². The summed E-state index contributed by atoms with van der Waals surface area (Å²) in [6, 6.07) is 6.85. The van der Waals surface area contributed by atoms with E-state index in [1.165, 1.54) is 30.2 Å². The highest BCUT2D eigenvalue weighted by molar-refractivity contribution is 7.89. The van der Waals surface area contributed by atoms with Crippen molar-refractivity contribution in [3.8, 4) is 11.5 Å². The highest BCUT2D eigenvalue weighted by Gasteiger charge is 2.31. The molecule has 4 rings (SSSR count). The van der Waals surface area contributed by atoms with Crippen LogP contribution in [0.3, 0.4) is 0 Å². The molecule has 0 N–H and O–H groups in total. The van der Waals surface area contributed by atoms with E-state index in [4.69, 9.17) is 9.47 Å². The van der Waals surface area contributed by atoms with Gasteiger partial charge in [0.2, 0.25) is 10.0 Å². The number of nitrogens with zero attached hydrogens (tertiary/aromatic N) is 4. The number of hydrogen-bond donors (Lipinski definition) is 0. The van der Waals surface area contributed by atoms with Gasteiger partial charge >= 0.3 is 0 Å². The van der Waals surface area contributed by atoms with E-state index in [1.807, 2.05) is 0 Å². The molecule has 9 heteroatoms. The molecule has 0 saturated carbocycles. The molecule has 28 heavy (non-hydrogen) atoms. The van der Waals surface area contributed by atoms with Gasteiger partial charge in [-0.3, -0.25) is 0 Å². The van der Waals surface area contributed by atoms with Gasteiger partial charge in [0.1, 0.15) is 16.4 Å². The van der Waals surface area contributed by atoms with Crippen molar-refractivity contribution in [2.24, 2.45) is 0 Å². The number of aromatic nitrogens is 2. The van der Waals surface area contributed by atoms with Crippen molar-refractivity contribution < 1.29 is 17.9 Å². The standard InChI is InChI=1S/C19H24N4O4S/c1-26-15-6-7-18(17(13-15)27-2)28(24,25)23-10-8-22(9-11-23)19-12-14-4-3-5-16(14)20-21-19/h6-7,12-13H,3-5,8-11H2,1-2H3. The molecule has 1 fully saturated rings. The van der Waals surface area contributed by atoms with Crippen molar-refractivity contribution in [2.75, 3.05) is 45.3 Å².